The Morgan fingerprint density at radius 1 is 1.00 bits per heavy atom. The number of nitrogens with zero attached hydrogens (tertiary/aromatic N) is 2. The van der Waals surface area contributed by atoms with Crippen LogP contribution in [0.1, 0.15) is 31.2 Å². The smallest absolute Gasteiger partial charge is 0.308 e. The summed E-state index contributed by atoms with van der Waals surface area (Å²) in [6, 6.07) is 5.51. The predicted octanol–water partition coefficient (Wildman–Crippen LogP) is 6.77. The first-order valence-electron chi connectivity index (χ1n) is 12.7. The maximum atomic E-state index is 16.3. The van der Waals surface area contributed by atoms with Crippen LogP contribution in [-0.2, 0) is 4.79 Å². The number of hydrogen-bond donors (Lipinski definition) is 3. The number of carboxylic acids is 1. The maximum Gasteiger partial charge on any atom is 0.308 e. The molecule has 2 bridgehead atoms. The Labute approximate surface area is 224 Å². The fraction of sp³-hybridized carbons (Fsp3) is 0.276. The van der Waals surface area contributed by atoms with Crippen LogP contribution < -0.4 is 5.32 Å². The molecule has 0 spiro atoms. The molecule has 40 heavy (non-hydrogen) atoms. The summed E-state index contributed by atoms with van der Waals surface area (Å²) in [5.74, 6) is -7.73. The van der Waals surface area contributed by atoms with Crippen LogP contribution in [-0.4, -0.2) is 27.1 Å². The van der Waals surface area contributed by atoms with Gasteiger partial charge in [0.25, 0.3) is 0 Å². The predicted molar refractivity (Wildman–Crippen MR) is 135 cm³/mol. The number of nitrogens with one attached hydrogen (secondary N) is 2. The minimum absolute atomic E-state index is 0.0235. The first-order valence-corrected chi connectivity index (χ1v) is 12.7. The molecule has 7 rings (SSSR count). The summed E-state index contributed by atoms with van der Waals surface area (Å²) in [6.07, 6.45) is 4.25. The number of H-pyrrole nitrogens is 1. The zero-order valence-corrected chi connectivity index (χ0v) is 20.7. The van der Waals surface area contributed by atoms with Gasteiger partial charge in [-0.05, 0) is 61.3 Å². The fourth-order valence-corrected chi connectivity index (χ4v) is 6.41. The number of pyridine rings is 1. The second-order valence-corrected chi connectivity index (χ2v) is 10.3. The van der Waals surface area contributed by atoms with E-state index in [9.17, 15) is 32.7 Å². The van der Waals surface area contributed by atoms with Crippen molar-refractivity contribution in [3.05, 3.63) is 71.2 Å². The molecule has 0 saturated heterocycles. The van der Waals surface area contributed by atoms with Crippen molar-refractivity contribution in [2.24, 2.45) is 17.8 Å². The normalized spacial score (nSPS) is 21.9. The molecule has 2 aromatic heterocycles. The number of halogens is 5. The van der Waals surface area contributed by atoms with Gasteiger partial charge in [-0.15, -0.1) is 0 Å². The summed E-state index contributed by atoms with van der Waals surface area (Å²) >= 11 is 0. The quantitative estimate of drug-likeness (QED) is 0.237. The lowest BCUT2D eigenvalue weighted by Gasteiger charge is -2.47. The van der Waals surface area contributed by atoms with E-state index in [0.29, 0.717) is 6.07 Å². The molecule has 0 amide bonds. The highest BCUT2D eigenvalue weighted by Crippen LogP contribution is 2.47. The number of benzene rings is 2. The fourth-order valence-electron chi connectivity index (χ4n) is 6.41. The monoisotopic (exact) mass is 552 g/mol. The topological polar surface area (TPSA) is 102 Å². The van der Waals surface area contributed by atoms with Gasteiger partial charge in [-0.3, -0.25) is 4.79 Å². The van der Waals surface area contributed by atoms with Crippen molar-refractivity contribution < 1.29 is 31.9 Å². The van der Waals surface area contributed by atoms with E-state index in [1.54, 1.807) is 0 Å². The van der Waals surface area contributed by atoms with Gasteiger partial charge in [-0.1, -0.05) is 6.07 Å². The van der Waals surface area contributed by atoms with Crippen LogP contribution in [0.25, 0.3) is 33.3 Å². The summed E-state index contributed by atoms with van der Waals surface area (Å²) in [7, 11) is 0. The molecule has 0 unspecified atom stereocenters. The largest absolute Gasteiger partial charge is 0.481 e. The number of aliphatic carboxylic acids is 1. The lowest BCUT2D eigenvalue weighted by Crippen LogP contribution is -2.51. The van der Waals surface area contributed by atoms with Crippen molar-refractivity contribution >= 4 is 22.7 Å². The summed E-state index contributed by atoms with van der Waals surface area (Å²) in [6.45, 7) is 0. The molecule has 3 fully saturated rings. The second-order valence-electron chi connectivity index (χ2n) is 10.3. The van der Waals surface area contributed by atoms with Crippen LogP contribution >= 0.6 is 0 Å². The number of aromatic nitrogens is 2. The van der Waals surface area contributed by atoms with Gasteiger partial charge in [0.05, 0.1) is 22.7 Å². The highest BCUT2D eigenvalue weighted by molar-refractivity contribution is 5.98. The first kappa shape index (κ1) is 25.8. The Hall–Kier alpha value is -4.46. The SMILES string of the molecule is N#Cc1c(-c2c[nH]c3c(F)cc(F)cc23)nc(N[C@H]2C3CCC(CC3)[C@@H]2C(=O)O)c(F)c1-c1ccc(F)c(F)c1. The number of carboxylic acid groups (broad SMARTS) is 1. The van der Waals surface area contributed by atoms with Gasteiger partial charge in [0, 0.05) is 34.8 Å². The van der Waals surface area contributed by atoms with E-state index in [0.717, 1.165) is 49.9 Å². The molecule has 0 radical (unpaired) electrons. The average molecular weight is 553 g/mol. The molecule has 2 aromatic carbocycles. The summed E-state index contributed by atoms with van der Waals surface area (Å²) in [5.41, 5.74) is -1.14. The van der Waals surface area contributed by atoms with Crippen molar-refractivity contribution in [3.63, 3.8) is 0 Å². The zero-order chi connectivity index (χ0) is 28.3. The van der Waals surface area contributed by atoms with Crippen molar-refractivity contribution in [2.45, 2.75) is 31.7 Å². The van der Waals surface area contributed by atoms with Gasteiger partial charge in [0.2, 0.25) is 0 Å². The summed E-state index contributed by atoms with van der Waals surface area (Å²) in [5, 5.41) is 23.1. The van der Waals surface area contributed by atoms with Crippen molar-refractivity contribution in [1.82, 2.24) is 9.97 Å². The molecule has 2 heterocycles. The highest BCUT2D eigenvalue weighted by Gasteiger charge is 2.47. The van der Waals surface area contributed by atoms with Crippen LogP contribution in [0, 0.1) is 58.2 Å². The average Bonchev–Trinajstić information content (AvgIpc) is 3.35. The van der Waals surface area contributed by atoms with E-state index in [1.807, 2.05) is 6.07 Å². The summed E-state index contributed by atoms with van der Waals surface area (Å²) < 4.78 is 72.9. The van der Waals surface area contributed by atoms with Crippen LogP contribution in [0.2, 0.25) is 0 Å². The molecule has 3 N–H and O–H groups in total. The lowest BCUT2D eigenvalue weighted by atomic mass is 9.61. The molecule has 3 aliphatic rings. The minimum atomic E-state index is -1.28. The Morgan fingerprint density at radius 3 is 2.40 bits per heavy atom. The van der Waals surface area contributed by atoms with Crippen LogP contribution in [0.3, 0.4) is 0 Å². The maximum absolute atomic E-state index is 16.3. The van der Waals surface area contributed by atoms with Gasteiger partial charge >= 0.3 is 5.97 Å². The van der Waals surface area contributed by atoms with E-state index in [4.69, 9.17) is 0 Å². The Morgan fingerprint density at radius 2 is 1.73 bits per heavy atom. The first-order chi connectivity index (χ1) is 19.2. The van der Waals surface area contributed by atoms with Gasteiger partial charge < -0.3 is 15.4 Å². The van der Waals surface area contributed by atoms with Gasteiger partial charge in [-0.25, -0.2) is 26.9 Å². The Kier molecular flexibility index (Phi) is 6.21. The van der Waals surface area contributed by atoms with Gasteiger partial charge in [-0.2, -0.15) is 5.26 Å². The van der Waals surface area contributed by atoms with E-state index < -0.39 is 58.4 Å². The molecule has 6 nitrogen and oxygen atoms in total. The molecule has 2 atom stereocenters. The number of hydrogen-bond acceptors (Lipinski definition) is 4. The molecular weight excluding hydrogens is 531 g/mol. The van der Waals surface area contributed by atoms with Gasteiger partial charge in [0.15, 0.2) is 23.3 Å². The molecular formula is C29H21F5N4O2. The highest BCUT2D eigenvalue weighted by atomic mass is 19.2. The summed E-state index contributed by atoms with van der Waals surface area (Å²) in [4.78, 5) is 19.2. The Balaban J connectivity index is 1.60. The number of fused-ring (bicyclic) bond motifs is 4. The van der Waals surface area contributed by atoms with Gasteiger partial charge in [0.1, 0.15) is 17.7 Å². The molecule has 3 saturated carbocycles. The van der Waals surface area contributed by atoms with Crippen LogP contribution in [0.15, 0.2) is 36.5 Å². The molecule has 204 valence electrons. The van der Waals surface area contributed by atoms with Crippen LogP contribution in [0.4, 0.5) is 27.8 Å². The third-order valence-electron chi connectivity index (χ3n) is 8.23. The van der Waals surface area contributed by atoms with Crippen molar-refractivity contribution in [1.29, 1.82) is 5.26 Å². The Bertz CT molecular complexity index is 1720. The lowest BCUT2D eigenvalue weighted by molar-refractivity contribution is -0.148. The number of aromatic amines is 1. The van der Waals surface area contributed by atoms with E-state index in [2.05, 4.69) is 15.3 Å². The zero-order valence-electron chi connectivity index (χ0n) is 20.7. The number of anilines is 1. The minimum Gasteiger partial charge on any atom is -0.481 e. The second kappa shape index (κ2) is 9.62. The molecule has 3 aliphatic carbocycles. The molecule has 0 aliphatic heterocycles. The van der Waals surface area contributed by atoms with E-state index in [-0.39, 0.29) is 45.1 Å². The van der Waals surface area contributed by atoms with E-state index in [1.165, 1.54) is 6.20 Å². The van der Waals surface area contributed by atoms with Crippen molar-refractivity contribution in [3.8, 4) is 28.5 Å². The van der Waals surface area contributed by atoms with Crippen molar-refractivity contribution in [2.75, 3.05) is 5.32 Å². The van der Waals surface area contributed by atoms with E-state index >= 15 is 4.39 Å². The standard InChI is InChI=1S/C29H21F5N4O2/c30-15-8-16-18(11-36-27(16)21(33)9-15)26-17(10-35)22(14-5-6-19(31)20(32)7-14)24(34)28(38-26)37-25-13-3-1-12(2-4-13)23(25)29(39)40/h5-9,11-13,23,25,36H,1-4H2,(H,37,38)(H,39,40)/t12?,13?,23-,25-/m0/s1. The third-order valence-corrected chi connectivity index (χ3v) is 8.23. The van der Waals surface area contributed by atoms with Crippen LogP contribution in [0.5, 0.6) is 0 Å². The molecule has 11 heteroatoms. The molecule has 4 aromatic rings. The number of nitriles is 1. The number of rotatable bonds is 5. The third kappa shape index (κ3) is 4.06. The number of carbonyl (C=O) groups is 1.